The van der Waals surface area contributed by atoms with Gasteiger partial charge in [-0.1, -0.05) is 23.2 Å². The van der Waals surface area contributed by atoms with Gasteiger partial charge in [0.2, 0.25) is 0 Å². The topological polar surface area (TPSA) is 66.8 Å². The van der Waals surface area contributed by atoms with Crippen LogP contribution in [0.3, 0.4) is 0 Å². The van der Waals surface area contributed by atoms with Crippen molar-refractivity contribution < 1.29 is 18.8 Å². The molecule has 0 aliphatic carbocycles. The number of halogens is 2. The molecule has 1 N–H and O–H groups in total. The first-order chi connectivity index (χ1) is 9.49. The highest BCUT2D eigenvalue weighted by Crippen LogP contribution is 2.35. The highest BCUT2D eigenvalue weighted by Gasteiger charge is 2.31. The number of hydrogen-bond acceptors (Lipinski definition) is 4. The highest BCUT2D eigenvalue weighted by atomic mass is 35.5. The predicted molar refractivity (Wildman–Crippen MR) is 78.9 cm³/mol. The van der Waals surface area contributed by atoms with Crippen molar-refractivity contribution in [3.63, 3.8) is 0 Å². The lowest BCUT2D eigenvalue weighted by Gasteiger charge is -2.22. The molecule has 0 spiro atoms. The standard InChI is InChI=1S/C11H13Cl2NO4S2/c12-9-4-8(11(13)19-9)20(17)14-3-1-2-7(14)5-18-6-10(15)16/h4,7H,1-3,5-6H2,(H,15,16). The zero-order chi connectivity index (χ0) is 14.7. The number of ether oxygens (including phenoxy) is 1. The van der Waals surface area contributed by atoms with Crippen molar-refractivity contribution in [2.24, 2.45) is 0 Å². The molecular formula is C11H13Cl2NO4S2. The average molecular weight is 358 g/mol. The van der Waals surface area contributed by atoms with Gasteiger partial charge >= 0.3 is 5.97 Å². The van der Waals surface area contributed by atoms with E-state index in [1.807, 2.05) is 0 Å². The summed E-state index contributed by atoms with van der Waals surface area (Å²) in [5, 5.41) is 8.55. The molecule has 0 amide bonds. The molecule has 1 aromatic heterocycles. The SMILES string of the molecule is O=C(O)COCC1CCCN1S(=O)c1cc(Cl)sc1Cl. The van der Waals surface area contributed by atoms with Gasteiger partial charge in [-0.2, -0.15) is 0 Å². The molecule has 1 aliphatic heterocycles. The molecule has 1 aliphatic rings. The van der Waals surface area contributed by atoms with Gasteiger partial charge in [0, 0.05) is 12.6 Å². The number of carboxylic acids is 1. The number of carbonyl (C=O) groups is 1. The van der Waals surface area contributed by atoms with E-state index in [1.54, 1.807) is 10.4 Å². The minimum Gasteiger partial charge on any atom is -0.480 e. The van der Waals surface area contributed by atoms with Crippen LogP contribution in [-0.4, -0.2) is 45.4 Å². The van der Waals surface area contributed by atoms with Gasteiger partial charge in [0.25, 0.3) is 0 Å². The Morgan fingerprint density at radius 1 is 1.60 bits per heavy atom. The second kappa shape index (κ2) is 7.20. The van der Waals surface area contributed by atoms with Gasteiger partial charge in [0.1, 0.15) is 21.9 Å². The van der Waals surface area contributed by atoms with Crippen LogP contribution in [-0.2, 0) is 20.5 Å². The van der Waals surface area contributed by atoms with Crippen LogP contribution in [0, 0.1) is 0 Å². The number of aliphatic carboxylic acids is 1. The number of nitrogens with zero attached hydrogens (tertiary/aromatic N) is 1. The normalized spacial score (nSPS) is 21.2. The maximum atomic E-state index is 12.5. The van der Waals surface area contributed by atoms with Crippen LogP contribution in [0.2, 0.25) is 8.67 Å². The van der Waals surface area contributed by atoms with E-state index >= 15 is 0 Å². The lowest BCUT2D eigenvalue weighted by Crippen LogP contribution is -2.35. The molecule has 2 heterocycles. The minimum absolute atomic E-state index is 0.0649. The van der Waals surface area contributed by atoms with Gasteiger partial charge in [-0.15, -0.1) is 11.3 Å². The molecule has 5 nitrogen and oxygen atoms in total. The van der Waals surface area contributed by atoms with Gasteiger partial charge in [0.05, 0.1) is 15.8 Å². The summed E-state index contributed by atoms with van der Waals surface area (Å²) < 4.78 is 20.3. The Morgan fingerprint density at radius 3 is 2.95 bits per heavy atom. The predicted octanol–water partition coefficient (Wildman–Crippen LogP) is 2.64. The van der Waals surface area contributed by atoms with Crippen molar-refractivity contribution >= 4 is 51.5 Å². The zero-order valence-electron chi connectivity index (χ0n) is 10.4. The summed E-state index contributed by atoms with van der Waals surface area (Å²) in [5.41, 5.74) is 0. The summed E-state index contributed by atoms with van der Waals surface area (Å²) in [4.78, 5) is 10.9. The summed E-state index contributed by atoms with van der Waals surface area (Å²) in [5.74, 6) is -1.01. The Bertz CT molecular complexity index is 523. The van der Waals surface area contributed by atoms with Crippen LogP contribution in [0.5, 0.6) is 0 Å². The van der Waals surface area contributed by atoms with Crippen molar-refractivity contribution in [3.05, 3.63) is 14.7 Å². The quantitative estimate of drug-likeness (QED) is 0.849. The van der Waals surface area contributed by atoms with E-state index in [0.29, 0.717) is 20.1 Å². The Balaban J connectivity index is 2.01. The van der Waals surface area contributed by atoms with E-state index in [-0.39, 0.29) is 19.3 Å². The first kappa shape index (κ1) is 16.2. The van der Waals surface area contributed by atoms with E-state index in [9.17, 15) is 9.00 Å². The fourth-order valence-electron chi connectivity index (χ4n) is 2.05. The van der Waals surface area contributed by atoms with E-state index in [0.717, 1.165) is 12.8 Å². The van der Waals surface area contributed by atoms with Gasteiger partial charge < -0.3 is 9.84 Å². The largest absolute Gasteiger partial charge is 0.480 e. The van der Waals surface area contributed by atoms with Crippen molar-refractivity contribution in [2.75, 3.05) is 19.8 Å². The lowest BCUT2D eigenvalue weighted by molar-refractivity contribution is -0.142. The summed E-state index contributed by atoms with van der Waals surface area (Å²) in [6.45, 7) is 0.563. The van der Waals surface area contributed by atoms with Crippen LogP contribution in [0.15, 0.2) is 11.0 Å². The van der Waals surface area contributed by atoms with Crippen molar-refractivity contribution in [1.82, 2.24) is 4.31 Å². The third kappa shape index (κ3) is 3.93. The molecule has 0 radical (unpaired) electrons. The third-order valence-electron chi connectivity index (χ3n) is 2.89. The van der Waals surface area contributed by atoms with E-state index in [1.165, 1.54) is 11.3 Å². The molecule has 2 atom stereocenters. The Labute approximate surface area is 133 Å². The first-order valence-corrected chi connectivity index (χ1v) is 8.60. The first-order valence-electron chi connectivity index (χ1n) is 5.92. The van der Waals surface area contributed by atoms with Crippen molar-refractivity contribution in [3.8, 4) is 0 Å². The van der Waals surface area contributed by atoms with Gasteiger partial charge in [-0.05, 0) is 18.9 Å². The van der Waals surface area contributed by atoms with E-state index in [4.69, 9.17) is 33.0 Å². The van der Waals surface area contributed by atoms with E-state index < -0.39 is 17.0 Å². The molecule has 112 valence electrons. The Hall–Kier alpha value is -0.180. The maximum absolute atomic E-state index is 12.5. The minimum atomic E-state index is -1.39. The highest BCUT2D eigenvalue weighted by molar-refractivity contribution is 7.83. The maximum Gasteiger partial charge on any atom is 0.329 e. The van der Waals surface area contributed by atoms with Crippen LogP contribution < -0.4 is 0 Å². The van der Waals surface area contributed by atoms with Crippen LogP contribution in [0.1, 0.15) is 12.8 Å². The van der Waals surface area contributed by atoms with Crippen molar-refractivity contribution in [1.29, 1.82) is 0 Å². The Morgan fingerprint density at radius 2 is 2.35 bits per heavy atom. The molecule has 1 saturated heterocycles. The summed E-state index contributed by atoms with van der Waals surface area (Å²) >= 11 is 13.1. The van der Waals surface area contributed by atoms with Gasteiger partial charge in [-0.25, -0.2) is 13.3 Å². The number of thiophene rings is 1. The molecule has 9 heteroatoms. The molecule has 0 aromatic carbocycles. The zero-order valence-corrected chi connectivity index (χ0v) is 13.5. The summed E-state index contributed by atoms with van der Waals surface area (Å²) in [7, 11) is -1.39. The average Bonchev–Trinajstić information content (AvgIpc) is 2.95. The number of rotatable bonds is 6. The van der Waals surface area contributed by atoms with Crippen LogP contribution in [0.25, 0.3) is 0 Å². The number of hydrogen-bond donors (Lipinski definition) is 1. The molecule has 20 heavy (non-hydrogen) atoms. The number of carboxylic acid groups (broad SMARTS) is 1. The van der Waals surface area contributed by atoms with Crippen LogP contribution >= 0.6 is 34.5 Å². The molecule has 1 aromatic rings. The molecule has 1 fully saturated rings. The summed E-state index contributed by atoms with van der Waals surface area (Å²) in [6, 6.07) is 1.54. The molecule has 0 saturated carbocycles. The Kier molecular flexibility index (Phi) is 5.83. The van der Waals surface area contributed by atoms with Gasteiger partial charge in [-0.3, -0.25) is 0 Å². The fourth-order valence-corrected chi connectivity index (χ4v) is 5.33. The molecule has 2 unspecified atom stereocenters. The van der Waals surface area contributed by atoms with Crippen LogP contribution in [0.4, 0.5) is 0 Å². The van der Waals surface area contributed by atoms with Gasteiger partial charge in [0.15, 0.2) is 0 Å². The second-order valence-corrected chi connectivity index (χ2v) is 7.98. The van der Waals surface area contributed by atoms with E-state index in [2.05, 4.69) is 0 Å². The lowest BCUT2D eigenvalue weighted by atomic mass is 10.2. The summed E-state index contributed by atoms with van der Waals surface area (Å²) in [6.07, 6.45) is 1.71. The second-order valence-electron chi connectivity index (χ2n) is 4.28. The van der Waals surface area contributed by atoms with Crippen molar-refractivity contribution in [2.45, 2.75) is 23.8 Å². The molecule has 2 rings (SSSR count). The monoisotopic (exact) mass is 357 g/mol. The smallest absolute Gasteiger partial charge is 0.329 e. The molecular weight excluding hydrogens is 345 g/mol. The molecule has 0 bridgehead atoms. The third-order valence-corrected chi connectivity index (χ3v) is 6.22. The fraction of sp³-hybridized carbons (Fsp3) is 0.545.